The zero-order chi connectivity index (χ0) is 28.2. The summed E-state index contributed by atoms with van der Waals surface area (Å²) in [6.07, 6.45) is 6.05. The van der Waals surface area contributed by atoms with Crippen LogP contribution in [0.15, 0.2) is 47.8 Å². The molecule has 2 aromatic heterocycles. The van der Waals surface area contributed by atoms with Gasteiger partial charge in [-0.05, 0) is 69.2 Å². The molecule has 1 fully saturated rings. The fourth-order valence-electron chi connectivity index (χ4n) is 4.80. The van der Waals surface area contributed by atoms with Crippen molar-refractivity contribution in [3.05, 3.63) is 71.2 Å². The Labute approximate surface area is 234 Å². The Morgan fingerprint density at radius 3 is 2.44 bits per heavy atom. The molecule has 0 aliphatic carbocycles. The summed E-state index contributed by atoms with van der Waals surface area (Å²) >= 11 is 1.33. The molecule has 4 rings (SSSR count). The van der Waals surface area contributed by atoms with E-state index in [1.807, 2.05) is 20.8 Å². The number of halogens is 2. The van der Waals surface area contributed by atoms with E-state index in [1.165, 1.54) is 30.0 Å². The highest BCUT2D eigenvalue weighted by molar-refractivity contribution is 7.99. The summed E-state index contributed by atoms with van der Waals surface area (Å²) in [6.45, 7) is 11.8. The first-order chi connectivity index (χ1) is 18.5. The normalized spacial score (nSPS) is 15.0. The number of thioether (sulfide) groups is 1. The molecule has 0 N–H and O–H groups in total. The number of aryl methyl sites for hydroxylation is 2. The minimum atomic E-state index is -0.399. The molecule has 0 atom stereocenters. The number of carbonyl (C=O) groups excluding carboxylic acids is 1. The molecule has 208 valence electrons. The van der Waals surface area contributed by atoms with Crippen molar-refractivity contribution in [2.75, 3.05) is 23.7 Å². The summed E-state index contributed by atoms with van der Waals surface area (Å²) in [5, 5.41) is 0.322. The lowest BCUT2D eigenvalue weighted by atomic mass is 9.82. The van der Waals surface area contributed by atoms with Crippen LogP contribution in [-0.4, -0.2) is 40.9 Å². The molecule has 0 unspecified atom stereocenters. The Hall–Kier alpha value is -3.00. The lowest BCUT2D eigenvalue weighted by molar-refractivity contribution is -0.146. The van der Waals surface area contributed by atoms with E-state index in [1.54, 1.807) is 24.5 Å². The van der Waals surface area contributed by atoms with Crippen molar-refractivity contribution in [2.45, 2.75) is 71.4 Å². The standard InChI is InChI=1S/C31H37F2N3O2S/c1-20(2)38-28(37)17-25-21(3)34-19-26(29(25)36-13-11-31(4,5)12-14-36)23-16-27(33)30(35-18-23)39-15-10-22-6-8-24(32)9-7-22/h6-9,16,18-20H,10-15,17H2,1-5H3. The molecule has 0 amide bonds. The van der Waals surface area contributed by atoms with E-state index in [0.717, 1.165) is 54.0 Å². The van der Waals surface area contributed by atoms with E-state index in [9.17, 15) is 9.18 Å². The maximum absolute atomic E-state index is 15.3. The van der Waals surface area contributed by atoms with Gasteiger partial charge in [0, 0.05) is 53.6 Å². The number of aromatic nitrogens is 2. The number of pyridine rings is 2. The van der Waals surface area contributed by atoms with Crippen LogP contribution in [-0.2, 0) is 22.4 Å². The molecular formula is C31H37F2N3O2S. The highest BCUT2D eigenvalue weighted by Crippen LogP contribution is 2.40. The Kier molecular flexibility index (Phi) is 9.26. The monoisotopic (exact) mass is 553 g/mol. The van der Waals surface area contributed by atoms with Gasteiger partial charge in [-0.3, -0.25) is 9.78 Å². The van der Waals surface area contributed by atoms with Gasteiger partial charge < -0.3 is 9.64 Å². The van der Waals surface area contributed by atoms with Crippen molar-refractivity contribution in [3.63, 3.8) is 0 Å². The molecule has 1 saturated heterocycles. The smallest absolute Gasteiger partial charge is 0.310 e. The first-order valence-corrected chi connectivity index (χ1v) is 14.5. The van der Waals surface area contributed by atoms with Gasteiger partial charge in [-0.25, -0.2) is 13.8 Å². The Balaban J connectivity index is 1.62. The molecule has 3 heterocycles. The van der Waals surface area contributed by atoms with E-state index in [0.29, 0.717) is 22.8 Å². The second-order valence-corrected chi connectivity index (χ2v) is 12.3. The number of hydrogen-bond donors (Lipinski definition) is 0. The summed E-state index contributed by atoms with van der Waals surface area (Å²) in [5.41, 5.74) is 5.12. The van der Waals surface area contributed by atoms with E-state index >= 15 is 4.39 Å². The van der Waals surface area contributed by atoms with Gasteiger partial charge in [0.15, 0.2) is 5.82 Å². The van der Waals surface area contributed by atoms with Gasteiger partial charge in [0.2, 0.25) is 0 Å². The zero-order valence-electron chi connectivity index (χ0n) is 23.4. The molecule has 1 aromatic carbocycles. The van der Waals surface area contributed by atoms with Crippen LogP contribution in [0.5, 0.6) is 0 Å². The molecule has 0 bridgehead atoms. The average molecular weight is 554 g/mol. The first kappa shape index (κ1) is 29.0. The predicted octanol–water partition coefficient (Wildman–Crippen LogP) is 7.19. The molecule has 5 nitrogen and oxygen atoms in total. The van der Waals surface area contributed by atoms with Gasteiger partial charge in [-0.15, -0.1) is 11.8 Å². The second-order valence-electron chi connectivity index (χ2n) is 11.2. The van der Waals surface area contributed by atoms with Crippen LogP contribution in [0.1, 0.15) is 57.4 Å². The summed E-state index contributed by atoms with van der Waals surface area (Å²) < 4.78 is 33.9. The Bertz CT molecular complexity index is 1300. The van der Waals surface area contributed by atoms with Gasteiger partial charge in [-0.2, -0.15) is 0 Å². The average Bonchev–Trinajstić information content (AvgIpc) is 2.87. The molecule has 39 heavy (non-hydrogen) atoms. The number of piperidine rings is 1. The van der Waals surface area contributed by atoms with E-state index in [2.05, 4.69) is 28.7 Å². The Morgan fingerprint density at radius 2 is 1.79 bits per heavy atom. The van der Waals surface area contributed by atoms with Gasteiger partial charge >= 0.3 is 5.97 Å². The maximum atomic E-state index is 15.3. The van der Waals surface area contributed by atoms with Gasteiger partial charge in [0.25, 0.3) is 0 Å². The fraction of sp³-hybridized carbons (Fsp3) is 0.452. The SMILES string of the molecule is Cc1ncc(-c2cnc(SCCc3ccc(F)cc3)c(F)c2)c(N2CCC(C)(C)CC2)c1CC(=O)OC(C)C. The summed E-state index contributed by atoms with van der Waals surface area (Å²) in [4.78, 5) is 24.1. The van der Waals surface area contributed by atoms with E-state index in [-0.39, 0.29) is 29.7 Å². The molecule has 0 spiro atoms. The first-order valence-electron chi connectivity index (χ1n) is 13.5. The van der Waals surface area contributed by atoms with Crippen LogP contribution in [0.2, 0.25) is 0 Å². The third-order valence-corrected chi connectivity index (χ3v) is 8.13. The maximum Gasteiger partial charge on any atom is 0.310 e. The number of ether oxygens (including phenoxy) is 1. The van der Waals surface area contributed by atoms with Gasteiger partial charge in [0.05, 0.1) is 18.2 Å². The van der Waals surface area contributed by atoms with Crippen LogP contribution < -0.4 is 4.90 Å². The molecular weight excluding hydrogens is 516 g/mol. The molecule has 3 aromatic rings. The highest BCUT2D eigenvalue weighted by atomic mass is 32.2. The van der Waals surface area contributed by atoms with Crippen molar-refractivity contribution in [1.82, 2.24) is 9.97 Å². The number of esters is 1. The number of nitrogens with zero attached hydrogens (tertiary/aromatic N) is 3. The quantitative estimate of drug-likeness (QED) is 0.207. The predicted molar refractivity (Wildman–Crippen MR) is 153 cm³/mol. The van der Waals surface area contributed by atoms with Crippen LogP contribution >= 0.6 is 11.8 Å². The molecule has 1 aliphatic heterocycles. The topological polar surface area (TPSA) is 55.3 Å². The summed E-state index contributed by atoms with van der Waals surface area (Å²) in [5.74, 6) is -0.350. The summed E-state index contributed by atoms with van der Waals surface area (Å²) in [6, 6.07) is 7.85. The van der Waals surface area contributed by atoms with E-state index < -0.39 is 5.82 Å². The number of benzene rings is 1. The molecule has 1 aliphatic rings. The second kappa shape index (κ2) is 12.5. The number of carbonyl (C=O) groups is 1. The van der Waals surface area contributed by atoms with Crippen LogP contribution in [0.4, 0.5) is 14.5 Å². The largest absolute Gasteiger partial charge is 0.463 e. The lowest BCUT2D eigenvalue weighted by Gasteiger charge is -2.40. The number of anilines is 1. The van der Waals surface area contributed by atoms with Crippen molar-refractivity contribution < 1.29 is 18.3 Å². The van der Waals surface area contributed by atoms with E-state index in [4.69, 9.17) is 4.74 Å². The van der Waals surface area contributed by atoms with Crippen molar-refractivity contribution in [2.24, 2.45) is 5.41 Å². The lowest BCUT2D eigenvalue weighted by Crippen LogP contribution is -2.38. The van der Waals surface area contributed by atoms with Crippen LogP contribution in [0.3, 0.4) is 0 Å². The zero-order valence-corrected chi connectivity index (χ0v) is 24.2. The van der Waals surface area contributed by atoms with Gasteiger partial charge in [0.1, 0.15) is 10.8 Å². The molecule has 0 radical (unpaired) electrons. The number of hydrogen-bond acceptors (Lipinski definition) is 6. The highest BCUT2D eigenvalue weighted by Gasteiger charge is 2.30. The number of rotatable bonds is 9. The fourth-order valence-corrected chi connectivity index (χ4v) is 5.65. The van der Waals surface area contributed by atoms with Crippen molar-refractivity contribution in [3.8, 4) is 11.1 Å². The third-order valence-electron chi connectivity index (χ3n) is 7.15. The van der Waals surface area contributed by atoms with Crippen molar-refractivity contribution in [1.29, 1.82) is 0 Å². The molecule has 8 heteroatoms. The molecule has 0 saturated carbocycles. The van der Waals surface area contributed by atoms with Crippen LogP contribution in [0.25, 0.3) is 11.1 Å². The van der Waals surface area contributed by atoms with Crippen LogP contribution in [0, 0.1) is 24.0 Å². The van der Waals surface area contributed by atoms with Gasteiger partial charge in [-0.1, -0.05) is 26.0 Å². The Morgan fingerprint density at radius 1 is 1.10 bits per heavy atom. The third kappa shape index (κ3) is 7.56. The van der Waals surface area contributed by atoms with Crippen molar-refractivity contribution >= 4 is 23.4 Å². The minimum absolute atomic E-state index is 0.104. The summed E-state index contributed by atoms with van der Waals surface area (Å²) in [7, 11) is 0. The minimum Gasteiger partial charge on any atom is -0.463 e.